The van der Waals surface area contributed by atoms with Crippen LogP contribution >= 0.6 is 11.6 Å². The molecule has 0 atom stereocenters. The highest BCUT2D eigenvalue weighted by atomic mass is 35.5. The second-order valence-corrected chi connectivity index (χ2v) is 8.46. The van der Waals surface area contributed by atoms with Crippen molar-refractivity contribution in [3.05, 3.63) is 76.8 Å². The third kappa shape index (κ3) is 5.40. The molecule has 0 radical (unpaired) electrons. The van der Waals surface area contributed by atoms with Gasteiger partial charge in [0.2, 0.25) is 11.6 Å². The van der Waals surface area contributed by atoms with Gasteiger partial charge < -0.3 is 29.2 Å². The average Bonchev–Trinajstić information content (AvgIpc) is 3.20. The van der Waals surface area contributed by atoms with Crippen LogP contribution in [0.15, 0.2) is 70.9 Å². The molecule has 11 heteroatoms. The third-order valence-electron chi connectivity index (χ3n) is 5.79. The summed E-state index contributed by atoms with van der Waals surface area (Å²) in [6.07, 6.45) is 0. The first kappa shape index (κ1) is 26.5. The molecule has 2 N–H and O–H groups in total. The number of aromatic nitrogens is 1. The highest BCUT2D eigenvalue weighted by Gasteiger charge is 2.19. The number of carbonyl (C=O) groups excluding carboxylic acids is 2. The minimum atomic E-state index is -0.715. The molecule has 0 saturated carbocycles. The second-order valence-electron chi connectivity index (χ2n) is 8.06. The summed E-state index contributed by atoms with van der Waals surface area (Å²) in [5.74, 6) is -0.493. The normalized spacial score (nSPS) is 11.1. The fourth-order valence-electron chi connectivity index (χ4n) is 3.94. The molecule has 0 aliphatic rings. The summed E-state index contributed by atoms with van der Waals surface area (Å²) in [6, 6.07) is 17.5. The molecule has 10 nitrogen and oxygen atoms in total. The van der Waals surface area contributed by atoms with Gasteiger partial charge in [0, 0.05) is 16.0 Å². The fourth-order valence-corrected chi connectivity index (χ4v) is 4.13. The number of amides is 2. The average molecular weight is 537 g/mol. The number of para-hydroxylation sites is 1. The van der Waals surface area contributed by atoms with Gasteiger partial charge in [-0.25, -0.2) is 0 Å². The number of benzene rings is 3. The van der Waals surface area contributed by atoms with Crippen LogP contribution in [0.3, 0.4) is 0 Å². The molecule has 0 aliphatic heterocycles. The van der Waals surface area contributed by atoms with Gasteiger partial charge in [-0.2, -0.15) is 0 Å². The van der Waals surface area contributed by atoms with Crippen LogP contribution in [0.2, 0.25) is 5.02 Å². The lowest BCUT2D eigenvalue weighted by molar-refractivity contribution is -0.117. The van der Waals surface area contributed by atoms with E-state index in [1.165, 1.54) is 33.5 Å². The van der Waals surface area contributed by atoms with E-state index in [-0.39, 0.29) is 17.1 Å². The molecule has 0 fully saturated rings. The minimum absolute atomic E-state index is 0.136. The van der Waals surface area contributed by atoms with Gasteiger partial charge >= 0.3 is 0 Å². The Morgan fingerprint density at radius 3 is 2.29 bits per heavy atom. The number of rotatable bonds is 9. The molecule has 0 saturated heterocycles. The summed E-state index contributed by atoms with van der Waals surface area (Å²) >= 11 is 6.30. The summed E-state index contributed by atoms with van der Waals surface area (Å²) in [5, 5.41) is 22.3. The van der Waals surface area contributed by atoms with E-state index < -0.39 is 18.4 Å². The number of nitrogens with one attached hydrogen (secondary N) is 1. The van der Waals surface area contributed by atoms with Crippen molar-refractivity contribution in [2.75, 3.05) is 27.9 Å². The van der Waals surface area contributed by atoms with Gasteiger partial charge in [0.25, 0.3) is 11.8 Å². The molecule has 0 bridgehead atoms. The zero-order chi connectivity index (χ0) is 27.2. The van der Waals surface area contributed by atoms with E-state index in [9.17, 15) is 14.7 Å². The summed E-state index contributed by atoms with van der Waals surface area (Å²) < 4.78 is 17.4. The van der Waals surface area contributed by atoms with Crippen LogP contribution in [0.4, 0.5) is 5.69 Å². The number of hydrogen-bond donors (Lipinski definition) is 2. The highest BCUT2D eigenvalue weighted by molar-refractivity contribution is 6.31. The molecule has 1 aromatic heterocycles. The Bertz CT molecular complexity index is 1510. The molecule has 4 rings (SSSR count). The van der Waals surface area contributed by atoms with Gasteiger partial charge in [0.05, 0.1) is 33.4 Å². The van der Waals surface area contributed by atoms with Crippen LogP contribution in [0.25, 0.3) is 10.9 Å². The van der Waals surface area contributed by atoms with Crippen molar-refractivity contribution in [2.24, 2.45) is 10.2 Å². The van der Waals surface area contributed by atoms with Gasteiger partial charge in [0.1, 0.15) is 6.54 Å². The maximum atomic E-state index is 12.7. The van der Waals surface area contributed by atoms with Crippen molar-refractivity contribution in [1.29, 1.82) is 0 Å². The lowest BCUT2D eigenvalue weighted by atomic mass is 10.1. The molecule has 0 aliphatic carbocycles. The number of methoxy groups -OCH3 is 3. The van der Waals surface area contributed by atoms with E-state index in [1.54, 1.807) is 22.8 Å². The predicted molar refractivity (Wildman–Crippen MR) is 142 cm³/mol. The summed E-state index contributed by atoms with van der Waals surface area (Å²) in [5.41, 5.74) is 1.84. The van der Waals surface area contributed by atoms with Crippen LogP contribution in [-0.2, 0) is 11.3 Å². The van der Waals surface area contributed by atoms with Crippen molar-refractivity contribution in [3.63, 3.8) is 0 Å². The predicted octanol–water partition coefficient (Wildman–Crippen LogP) is 5.11. The Labute approximate surface area is 223 Å². The molecule has 1 heterocycles. The van der Waals surface area contributed by atoms with Crippen molar-refractivity contribution in [3.8, 4) is 23.1 Å². The number of aromatic hydroxyl groups is 1. The molecule has 0 spiro atoms. The number of nitrogens with zero attached hydrogens (tertiary/aromatic N) is 3. The lowest BCUT2D eigenvalue weighted by Crippen LogP contribution is -2.28. The zero-order valence-corrected chi connectivity index (χ0v) is 21.7. The topological polar surface area (TPSA) is 124 Å². The molecule has 0 unspecified atom stereocenters. The van der Waals surface area contributed by atoms with Gasteiger partial charge in [-0.15, -0.1) is 10.2 Å². The Morgan fingerprint density at radius 2 is 1.63 bits per heavy atom. The van der Waals surface area contributed by atoms with E-state index in [4.69, 9.17) is 25.8 Å². The Balaban J connectivity index is 1.51. The Hall–Kier alpha value is -4.57. The van der Waals surface area contributed by atoms with Crippen LogP contribution < -0.4 is 19.5 Å². The molecule has 196 valence electrons. The first-order chi connectivity index (χ1) is 18.4. The molecule has 2 amide bonds. The summed E-state index contributed by atoms with van der Waals surface area (Å²) in [7, 11) is 4.32. The molecule has 38 heavy (non-hydrogen) atoms. The molecular formula is C27H25ClN4O6. The Kier molecular flexibility index (Phi) is 8.12. The van der Waals surface area contributed by atoms with E-state index >= 15 is 0 Å². The van der Waals surface area contributed by atoms with Gasteiger partial charge in [-0.3, -0.25) is 9.59 Å². The second kappa shape index (κ2) is 11.7. The SMILES string of the molecule is COc1cc(C(=O)NCC(=O)N=Nc2c(O)n(Cc3ccccc3Cl)c3ccccc23)cc(OC)c1OC. The number of azo groups is 1. The lowest BCUT2D eigenvalue weighted by Gasteiger charge is -2.13. The zero-order valence-electron chi connectivity index (χ0n) is 20.9. The summed E-state index contributed by atoms with van der Waals surface area (Å²) in [6.45, 7) is -0.127. The van der Waals surface area contributed by atoms with Crippen molar-refractivity contribution < 1.29 is 28.9 Å². The van der Waals surface area contributed by atoms with Gasteiger partial charge in [-0.1, -0.05) is 48.0 Å². The minimum Gasteiger partial charge on any atom is -0.493 e. The molecule has 3 aromatic carbocycles. The third-order valence-corrected chi connectivity index (χ3v) is 6.16. The van der Waals surface area contributed by atoms with Crippen molar-refractivity contribution in [2.45, 2.75) is 6.54 Å². The number of fused-ring (bicyclic) bond motifs is 1. The Morgan fingerprint density at radius 1 is 0.974 bits per heavy atom. The number of ether oxygens (including phenoxy) is 3. The maximum absolute atomic E-state index is 12.7. The van der Waals surface area contributed by atoms with Crippen molar-refractivity contribution in [1.82, 2.24) is 9.88 Å². The summed E-state index contributed by atoms with van der Waals surface area (Å²) in [4.78, 5) is 25.1. The van der Waals surface area contributed by atoms with Crippen molar-refractivity contribution >= 4 is 40.0 Å². The first-order valence-electron chi connectivity index (χ1n) is 11.4. The molecular weight excluding hydrogens is 512 g/mol. The number of carbonyl (C=O) groups is 2. The highest BCUT2D eigenvalue weighted by Crippen LogP contribution is 2.40. The maximum Gasteiger partial charge on any atom is 0.283 e. The monoisotopic (exact) mass is 536 g/mol. The van der Waals surface area contributed by atoms with E-state index in [2.05, 4.69) is 15.5 Å². The largest absolute Gasteiger partial charge is 0.493 e. The quantitative estimate of drug-likeness (QED) is 0.286. The van der Waals surface area contributed by atoms with Gasteiger partial charge in [0.15, 0.2) is 17.2 Å². The first-order valence-corrected chi connectivity index (χ1v) is 11.8. The molecule has 4 aromatic rings. The number of halogens is 1. The van der Waals surface area contributed by atoms with Crippen LogP contribution in [-0.4, -0.2) is 49.4 Å². The number of hydrogen-bond acceptors (Lipinski definition) is 7. The van der Waals surface area contributed by atoms with Crippen LogP contribution in [0, 0.1) is 0 Å². The standard InChI is InChI=1S/C27H25ClN4O6/c1-36-21-12-17(13-22(37-2)25(21)38-3)26(34)29-14-23(33)30-31-24-18-9-5-7-11-20(18)32(27(24)35)15-16-8-4-6-10-19(16)28/h4-13,35H,14-15H2,1-3H3,(H,29,34). The van der Waals surface area contributed by atoms with Gasteiger partial charge in [-0.05, 0) is 29.8 Å². The van der Waals surface area contributed by atoms with E-state index in [0.29, 0.717) is 39.7 Å². The van der Waals surface area contributed by atoms with E-state index in [1.807, 2.05) is 30.3 Å². The van der Waals surface area contributed by atoms with E-state index in [0.717, 1.165) is 5.56 Å². The smallest absolute Gasteiger partial charge is 0.283 e. The fraction of sp³-hybridized carbons (Fsp3) is 0.185. The van der Waals surface area contributed by atoms with Crippen LogP contribution in [0.5, 0.6) is 23.1 Å². The van der Waals surface area contributed by atoms with Crippen LogP contribution in [0.1, 0.15) is 15.9 Å².